The number of carbonyl (C=O) groups excluding carboxylic acids is 1. The van der Waals surface area contributed by atoms with E-state index >= 15 is 0 Å². The van der Waals surface area contributed by atoms with Gasteiger partial charge in [-0.05, 0) is 43.2 Å². The molecule has 2 atom stereocenters. The van der Waals surface area contributed by atoms with Gasteiger partial charge >= 0.3 is 0 Å². The predicted molar refractivity (Wildman–Crippen MR) is 114 cm³/mol. The number of amides is 1. The SMILES string of the molecule is COc1ccc(-c2nnc3n2C2CCCCC2N(C(=O)c2cccnc2)C3)cc1OC. The number of pyridine rings is 1. The molecule has 0 bridgehead atoms. The van der Waals surface area contributed by atoms with Crippen molar-refractivity contribution in [1.82, 2.24) is 24.6 Å². The maximum absolute atomic E-state index is 13.3. The van der Waals surface area contributed by atoms with Crippen LogP contribution in [0.15, 0.2) is 42.7 Å². The Morgan fingerprint density at radius 3 is 2.58 bits per heavy atom. The van der Waals surface area contributed by atoms with Crippen LogP contribution in [0.2, 0.25) is 0 Å². The van der Waals surface area contributed by atoms with Crippen LogP contribution in [0.5, 0.6) is 11.5 Å². The van der Waals surface area contributed by atoms with Crippen molar-refractivity contribution in [1.29, 1.82) is 0 Å². The lowest BCUT2D eigenvalue weighted by Crippen LogP contribution is -2.50. The number of methoxy groups -OCH3 is 2. The largest absolute Gasteiger partial charge is 0.493 e. The van der Waals surface area contributed by atoms with Crippen molar-refractivity contribution < 1.29 is 14.3 Å². The molecule has 1 fully saturated rings. The second-order valence-electron chi connectivity index (χ2n) is 7.97. The molecule has 0 radical (unpaired) electrons. The first kappa shape index (κ1) is 19.5. The molecule has 3 heterocycles. The summed E-state index contributed by atoms with van der Waals surface area (Å²) >= 11 is 0. The van der Waals surface area contributed by atoms with Crippen LogP contribution in [-0.4, -0.2) is 50.8 Å². The first-order chi connectivity index (χ1) is 15.2. The number of nitrogens with zero attached hydrogens (tertiary/aromatic N) is 5. The van der Waals surface area contributed by atoms with E-state index < -0.39 is 0 Å². The maximum atomic E-state index is 13.3. The molecule has 8 nitrogen and oxygen atoms in total. The molecule has 31 heavy (non-hydrogen) atoms. The fourth-order valence-corrected chi connectivity index (χ4v) is 4.86. The Hall–Kier alpha value is -3.42. The average molecular weight is 419 g/mol. The van der Waals surface area contributed by atoms with Gasteiger partial charge in [-0.2, -0.15) is 0 Å². The number of ether oxygens (including phenoxy) is 2. The smallest absolute Gasteiger partial charge is 0.256 e. The first-order valence-electron chi connectivity index (χ1n) is 10.6. The third-order valence-corrected chi connectivity index (χ3v) is 6.32. The van der Waals surface area contributed by atoms with Gasteiger partial charge in [0.2, 0.25) is 0 Å². The monoisotopic (exact) mass is 419 g/mol. The lowest BCUT2D eigenvalue weighted by Gasteiger charge is -2.44. The molecule has 5 rings (SSSR count). The van der Waals surface area contributed by atoms with E-state index in [0.29, 0.717) is 23.6 Å². The zero-order valence-electron chi connectivity index (χ0n) is 17.7. The van der Waals surface area contributed by atoms with Crippen molar-refractivity contribution in [2.45, 2.75) is 44.3 Å². The Labute approximate surface area is 180 Å². The summed E-state index contributed by atoms with van der Waals surface area (Å²) in [4.78, 5) is 19.4. The third-order valence-electron chi connectivity index (χ3n) is 6.32. The van der Waals surface area contributed by atoms with Crippen LogP contribution in [0, 0.1) is 0 Å². The van der Waals surface area contributed by atoms with Crippen molar-refractivity contribution in [3.05, 3.63) is 54.1 Å². The van der Waals surface area contributed by atoms with Gasteiger partial charge in [-0.25, -0.2) is 0 Å². The zero-order chi connectivity index (χ0) is 21.4. The molecule has 0 spiro atoms. The van der Waals surface area contributed by atoms with E-state index in [9.17, 15) is 4.79 Å². The van der Waals surface area contributed by atoms with Crippen LogP contribution in [0.4, 0.5) is 0 Å². The van der Waals surface area contributed by atoms with Crippen molar-refractivity contribution in [2.75, 3.05) is 14.2 Å². The summed E-state index contributed by atoms with van der Waals surface area (Å²) < 4.78 is 13.1. The number of rotatable bonds is 4. The van der Waals surface area contributed by atoms with Crippen molar-refractivity contribution in [3.63, 3.8) is 0 Å². The molecule has 0 saturated heterocycles. The Kier molecular flexibility index (Phi) is 5.05. The number of benzene rings is 1. The maximum Gasteiger partial charge on any atom is 0.256 e. The van der Waals surface area contributed by atoms with Crippen LogP contribution in [-0.2, 0) is 6.54 Å². The van der Waals surface area contributed by atoms with Gasteiger partial charge in [-0.1, -0.05) is 12.8 Å². The van der Waals surface area contributed by atoms with E-state index in [-0.39, 0.29) is 18.0 Å². The van der Waals surface area contributed by atoms with Gasteiger partial charge < -0.3 is 18.9 Å². The van der Waals surface area contributed by atoms with Crippen LogP contribution in [0.1, 0.15) is 47.9 Å². The van der Waals surface area contributed by atoms with E-state index in [4.69, 9.17) is 9.47 Å². The highest BCUT2D eigenvalue weighted by Gasteiger charge is 2.41. The zero-order valence-corrected chi connectivity index (χ0v) is 17.7. The van der Waals surface area contributed by atoms with Crippen LogP contribution >= 0.6 is 0 Å². The fraction of sp³-hybridized carbons (Fsp3) is 0.391. The minimum absolute atomic E-state index is 0.00640. The Balaban J connectivity index is 1.55. The van der Waals surface area contributed by atoms with E-state index in [1.165, 1.54) is 0 Å². The summed E-state index contributed by atoms with van der Waals surface area (Å²) in [5, 5.41) is 9.00. The molecule has 2 aliphatic rings. The molecular formula is C23H25N5O3. The van der Waals surface area contributed by atoms with Crippen LogP contribution in [0.25, 0.3) is 11.4 Å². The van der Waals surface area contributed by atoms with Crippen LogP contribution < -0.4 is 9.47 Å². The first-order valence-corrected chi connectivity index (χ1v) is 10.6. The highest BCUT2D eigenvalue weighted by atomic mass is 16.5. The molecule has 1 aromatic carbocycles. The Bertz CT molecular complexity index is 1100. The van der Waals surface area contributed by atoms with Crippen molar-refractivity contribution in [3.8, 4) is 22.9 Å². The molecule has 0 N–H and O–H groups in total. The summed E-state index contributed by atoms with van der Waals surface area (Å²) in [5.74, 6) is 2.95. The molecule has 8 heteroatoms. The van der Waals surface area contributed by atoms with Gasteiger partial charge in [-0.15, -0.1) is 10.2 Å². The van der Waals surface area contributed by atoms with E-state index in [2.05, 4.69) is 19.7 Å². The molecule has 1 aliphatic heterocycles. The summed E-state index contributed by atoms with van der Waals surface area (Å²) in [5.41, 5.74) is 1.53. The molecule has 1 saturated carbocycles. The van der Waals surface area contributed by atoms with Crippen molar-refractivity contribution >= 4 is 5.91 Å². The highest BCUT2D eigenvalue weighted by molar-refractivity contribution is 5.94. The lowest BCUT2D eigenvalue weighted by molar-refractivity contribution is 0.0420. The molecule has 1 amide bonds. The molecular weight excluding hydrogens is 394 g/mol. The molecule has 2 aromatic heterocycles. The minimum atomic E-state index is 0.00640. The average Bonchev–Trinajstić information content (AvgIpc) is 3.27. The van der Waals surface area contributed by atoms with Crippen LogP contribution in [0.3, 0.4) is 0 Å². The molecule has 3 aromatic rings. The molecule has 1 aliphatic carbocycles. The van der Waals surface area contributed by atoms with Gasteiger partial charge in [0.1, 0.15) is 0 Å². The third kappa shape index (κ3) is 3.32. The van der Waals surface area contributed by atoms with Gasteiger partial charge in [0.15, 0.2) is 23.1 Å². The van der Waals surface area contributed by atoms with Gasteiger partial charge in [-0.3, -0.25) is 9.78 Å². The van der Waals surface area contributed by atoms with E-state index in [1.54, 1.807) is 32.7 Å². The predicted octanol–water partition coefficient (Wildman–Crippen LogP) is 3.50. The molecule has 160 valence electrons. The Morgan fingerprint density at radius 2 is 1.84 bits per heavy atom. The second-order valence-corrected chi connectivity index (χ2v) is 7.97. The summed E-state index contributed by atoms with van der Waals surface area (Å²) in [6.45, 7) is 0.440. The molecule has 2 unspecified atom stereocenters. The summed E-state index contributed by atoms with van der Waals surface area (Å²) in [7, 11) is 3.25. The fourth-order valence-electron chi connectivity index (χ4n) is 4.86. The number of hydrogen-bond acceptors (Lipinski definition) is 6. The lowest BCUT2D eigenvalue weighted by atomic mass is 9.86. The summed E-state index contributed by atoms with van der Waals surface area (Å²) in [6.07, 6.45) is 7.52. The highest BCUT2D eigenvalue weighted by Crippen LogP contribution is 2.41. The quantitative estimate of drug-likeness (QED) is 0.644. The number of carbonyl (C=O) groups is 1. The van der Waals surface area contributed by atoms with Crippen molar-refractivity contribution in [2.24, 2.45) is 0 Å². The summed E-state index contributed by atoms with van der Waals surface area (Å²) in [6, 6.07) is 9.68. The number of aromatic nitrogens is 4. The van der Waals surface area contributed by atoms with Gasteiger partial charge in [0, 0.05) is 18.0 Å². The van der Waals surface area contributed by atoms with Gasteiger partial charge in [0.25, 0.3) is 5.91 Å². The minimum Gasteiger partial charge on any atom is -0.493 e. The normalized spacial score (nSPS) is 20.0. The van der Waals surface area contributed by atoms with E-state index in [1.807, 2.05) is 29.2 Å². The van der Waals surface area contributed by atoms with E-state index in [0.717, 1.165) is 42.9 Å². The topological polar surface area (TPSA) is 82.4 Å². The number of fused-ring (bicyclic) bond motifs is 3. The van der Waals surface area contributed by atoms with Gasteiger partial charge in [0.05, 0.1) is 38.4 Å². The number of hydrogen-bond donors (Lipinski definition) is 0. The second kappa shape index (κ2) is 8.02. The standard InChI is InChI=1S/C23H25N5O3/c1-30-19-10-9-15(12-20(19)31-2)22-26-25-21-14-27(23(29)16-6-5-11-24-13-16)17-7-3-4-8-18(17)28(21)22/h5-6,9-13,17-18H,3-4,7-8,14H2,1-2H3. The Morgan fingerprint density at radius 1 is 1.03 bits per heavy atom.